The minimum absolute atomic E-state index is 0.0650. The fourth-order valence-electron chi connectivity index (χ4n) is 2.00. The summed E-state index contributed by atoms with van der Waals surface area (Å²) in [6.07, 6.45) is 3.82. The summed E-state index contributed by atoms with van der Waals surface area (Å²) in [4.78, 5) is 14.0. The minimum atomic E-state index is 0.0650. The van der Waals surface area contributed by atoms with Crippen molar-refractivity contribution >= 4 is 40.1 Å². The Morgan fingerprint density at radius 3 is 2.76 bits per heavy atom. The van der Waals surface area contributed by atoms with Crippen molar-refractivity contribution in [2.24, 2.45) is 5.92 Å². The van der Waals surface area contributed by atoms with Crippen molar-refractivity contribution in [3.05, 3.63) is 32.4 Å². The van der Waals surface area contributed by atoms with Crippen LogP contribution >= 0.6 is 34.2 Å². The summed E-state index contributed by atoms with van der Waals surface area (Å²) in [5, 5.41) is 0.647. The molecule has 1 amide bonds. The lowest BCUT2D eigenvalue weighted by Crippen LogP contribution is -2.34. The fraction of sp³-hybridized carbons (Fsp3) is 0.462. The van der Waals surface area contributed by atoms with Gasteiger partial charge in [-0.05, 0) is 59.5 Å². The zero-order valence-corrected chi connectivity index (χ0v) is 12.7. The molecule has 4 heteroatoms. The first-order valence-corrected chi connectivity index (χ1v) is 7.24. The Morgan fingerprint density at radius 1 is 1.53 bits per heavy atom. The molecule has 0 aliphatic heterocycles. The molecule has 1 aliphatic carbocycles. The minimum Gasteiger partial charge on any atom is -0.341 e. The van der Waals surface area contributed by atoms with E-state index in [1.165, 1.54) is 19.3 Å². The van der Waals surface area contributed by atoms with Gasteiger partial charge in [0.1, 0.15) is 0 Å². The number of benzene rings is 1. The van der Waals surface area contributed by atoms with E-state index in [9.17, 15) is 4.79 Å². The second-order valence-corrected chi connectivity index (χ2v) is 6.18. The van der Waals surface area contributed by atoms with Crippen LogP contribution in [0.25, 0.3) is 0 Å². The molecule has 1 aliphatic rings. The van der Waals surface area contributed by atoms with Crippen molar-refractivity contribution in [3.63, 3.8) is 0 Å². The lowest BCUT2D eigenvalue weighted by Gasteiger charge is -2.30. The molecule has 0 heterocycles. The molecular formula is C13H15ClINO. The number of amides is 1. The molecule has 0 N–H and O–H groups in total. The average molecular weight is 364 g/mol. The molecule has 1 fully saturated rings. The Bertz CT molecular complexity index is 431. The molecule has 1 aromatic rings. The molecule has 2 rings (SSSR count). The van der Waals surface area contributed by atoms with Crippen LogP contribution in [0.3, 0.4) is 0 Å². The largest absolute Gasteiger partial charge is 0.341 e. The maximum atomic E-state index is 12.1. The van der Waals surface area contributed by atoms with Crippen molar-refractivity contribution in [2.75, 3.05) is 13.6 Å². The van der Waals surface area contributed by atoms with Crippen molar-refractivity contribution in [3.8, 4) is 0 Å². The average Bonchev–Trinajstić information content (AvgIpc) is 2.26. The van der Waals surface area contributed by atoms with E-state index < -0.39 is 0 Å². The lowest BCUT2D eigenvalue weighted by atomic mass is 9.85. The molecule has 0 spiro atoms. The molecular weight excluding hydrogens is 349 g/mol. The highest BCUT2D eigenvalue weighted by Crippen LogP contribution is 2.27. The van der Waals surface area contributed by atoms with Gasteiger partial charge in [0.2, 0.25) is 0 Å². The molecule has 1 aromatic carbocycles. The van der Waals surface area contributed by atoms with E-state index in [2.05, 4.69) is 22.6 Å². The first kappa shape index (κ1) is 13.1. The van der Waals surface area contributed by atoms with Crippen LogP contribution < -0.4 is 0 Å². The van der Waals surface area contributed by atoms with Crippen LogP contribution in [0, 0.1) is 9.49 Å². The molecule has 2 nitrogen and oxygen atoms in total. The normalized spacial score (nSPS) is 15.5. The molecule has 0 saturated heterocycles. The molecule has 0 radical (unpaired) electrons. The van der Waals surface area contributed by atoms with Gasteiger partial charge in [-0.3, -0.25) is 4.79 Å². The van der Waals surface area contributed by atoms with Crippen LogP contribution in [0.2, 0.25) is 5.02 Å². The van der Waals surface area contributed by atoms with Gasteiger partial charge >= 0.3 is 0 Å². The van der Waals surface area contributed by atoms with Gasteiger partial charge in [-0.1, -0.05) is 18.0 Å². The third kappa shape index (κ3) is 3.13. The van der Waals surface area contributed by atoms with E-state index in [-0.39, 0.29) is 5.91 Å². The maximum Gasteiger partial charge on any atom is 0.253 e. The Kier molecular flexibility index (Phi) is 4.31. The SMILES string of the molecule is CN(CC1CCC1)C(=O)c1ccc(I)c(Cl)c1. The number of nitrogens with zero attached hydrogens (tertiary/aromatic N) is 1. The van der Waals surface area contributed by atoms with E-state index in [4.69, 9.17) is 11.6 Å². The second-order valence-electron chi connectivity index (χ2n) is 4.61. The van der Waals surface area contributed by atoms with Gasteiger partial charge < -0.3 is 4.90 Å². The third-order valence-corrected chi connectivity index (χ3v) is 4.84. The zero-order valence-electron chi connectivity index (χ0n) is 9.75. The summed E-state index contributed by atoms with van der Waals surface area (Å²) in [5.74, 6) is 0.762. The highest BCUT2D eigenvalue weighted by molar-refractivity contribution is 14.1. The summed E-state index contributed by atoms with van der Waals surface area (Å²) in [6, 6.07) is 5.48. The fourth-order valence-corrected chi connectivity index (χ4v) is 2.51. The number of carbonyl (C=O) groups excluding carboxylic acids is 1. The number of hydrogen-bond donors (Lipinski definition) is 0. The van der Waals surface area contributed by atoms with Crippen LogP contribution in [0.5, 0.6) is 0 Å². The van der Waals surface area contributed by atoms with Gasteiger partial charge in [0.25, 0.3) is 5.91 Å². The van der Waals surface area contributed by atoms with Crippen LogP contribution in [-0.2, 0) is 0 Å². The van der Waals surface area contributed by atoms with Gasteiger partial charge in [-0.2, -0.15) is 0 Å². The quantitative estimate of drug-likeness (QED) is 0.748. The topological polar surface area (TPSA) is 20.3 Å². The summed E-state index contributed by atoms with van der Waals surface area (Å²) in [7, 11) is 1.87. The van der Waals surface area contributed by atoms with E-state index in [1.807, 2.05) is 24.1 Å². The summed E-state index contributed by atoms with van der Waals surface area (Å²) < 4.78 is 0.975. The smallest absolute Gasteiger partial charge is 0.253 e. The van der Waals surface area contributed by atoms with Crippen molar-refractivity contribution in [2.45, 2.75) is 19.3 Å². The first-order valence-electron chi connectivity index (χ1n) is 5.78. The Labute approximate surface area is 120 Å². The van der Waals surface area contributed by atoms with E-state index >= 15 is 0 Å². The highest BCUT2D eigenvalue weighted by Gasteiger charge is 2.22. The zero-order chi connectivity index (χ0) is 12.4. The van der Waals surface area contributed by atoms with Crippen molar-refractivity contribution in [1.82, 2.24) is 4.90 Å². The molecule has 17 heavy (non-hydrogen) atoms. The summed E-state index contributed by atoms with van der Waals surface area (Å²) in [6.45, 7) is 0.864. The third-order valence-electron chi connectivity index (χ3n) is 3.27. The monoisotopic (exact) mass is 363 g/mol. The second kappa shape index (κ2) is 5.57. The van der Waals surface area contributed by atoms with E-state index in [1.54, 1.807) is 6.07 Å². The molecule has 0 aromatic heterocycles. The van der Waals surface area contributed by atoms with Gasteiger partial charge in [0.05, 0.1) is 5.02 Å². The Morgan fingerprint density at radius 2 is 2.24 bits per heavy atom. The standard InChI is InChI=1S/C13H15ClINO/c1-16(8-9-3-2-4-9)13(17)10-5-6-12(15)11(14)7-10/h5-7,9H,2-4,8H2,1H3. The predicted molar refractivity (Wildman–Crippen MR) is 78.5 cm³/mol. The summed E-state index contributed by atoms with van der Waals surface area (Å²) >= 11 is 8.19. The highest BCUT2D eigenvalue weighted by atomic mass is 127. The van der Waals surface area contributed by atoms with Gasteiger partial charge in [-0.25, -0.2) is 0 Å². The lowest BCUT2D eigenvalue weighted by molar-refractivity contribution is 0.0745. The predicted octanol–water partition coefficient (Wildman–Crippen LogP) is 3.82. The molecule has 0 atom stereocenters. The van der Waals surface area contributed by atoms with Crippen LogP contribution in [0.4, 0.5) is 0 Å². The van der Waals surface area contributed by atoms with E-state index in [0.29, 0.717) is 16.5 Å². The Balaban J connectivity index is 2.04. The first-order chi connectivity index (χ1) is 8.08. The summed E-state index contributed by atoms with van der Waals surface area (Å²) in [5.41, 5.74) is 0.678. The van der Waals surface area contributed by atoms with Gasteiger partial charge in [0, 0.05) is 22.7 Å². The molecule has 1 saturated carbocycles. The Hall–Kier alpha value is -0.290. The van der Waals surface area contributed by atoms with Crippen LogP contribution in [0.15, 0.2) is 18.2 Å². The maximum absolute atomic E-state index is 12.1. The number of hydrogen-bond acceptors (Lipinski definition) is 1. The van der Waals surface area contributed by atoms with Crippen LogP contribution in [-0.4, -0.2) is 24.4 Å². The van der Waals surface area contributed by atoms with Crippen molar-refractivity contribution in [1.29, 1.82) is 0 Å². The number of rotatable bonds is 3. The van der Waals surface area contributed by atoms with Crippen LogP contribution in [0.1, 0.15) is 29.6 Å². The molecule has 0 unspecified atom stereocenters. The van der Waals surface area contributed by atoms with Crippen molar-refractivity contribution < 1.29 is 4.79 Å². The van der Waals surface area contributed by atoms with E-state index in [0.717, 1.165) is 10.1 Å². The molecule has 92 valence electrons. The number of carbonyl (C=O) groups is 1. The van der Waals surface area contributed by atoms with Gasteiger partial charge in [0.15, 0.2) is 0 Å². The molecule has 0 bridgehead atoms. The van der Waals surface area contributed by atoms with Gasteiger partial charge in [-0.15, -0.1) is 0 Å². The number of halogens is 2.